The van der Waals surface area contributed by atoms with Crippen molar-refractivity contribution in [2.45, 2.75) is 32.4 Å². The Hall–Kier alpha value is -1.73. The van der Waals surface area contributed by atoms with Crippen molar-refractivity contribution in [2.24, 2.45) is 0 Å². The fourth-order valence-electron chi connectivity index (χ4n) is 1.79. The van der Waals surface area contributed by atoms with Gasteiger partial charge in [0.05, 0.1) is 5.69 Å². The summed E-state index contributed by atoms with van der Waals surface area (Å²) >= 11 is 0. The number of aryl methyl sites for hydroxylation is 2. The van der Waals surface area contributed by atoms with Gasteiger partial charge in [-0.05, 0) is 19.4 Å². The number of aromatic amines is 1. The first-order chi connectivity index (χ1) is 9.38. The van der Waals surface area contributed by atoms with Gasteiger partial charge in [0.15, 0.2) is 0 Å². The summed E-state index contributed by atoms with van der Waals surface area (Å²) in [5.41, 5.74) is 0.927. The summed E-state index contributed by atoms with van der Waals surface area (Å²) in [6.07, 6.45) is 8.21. The van der Waals surface area contributed by atoms with Crippen LogP contribution in [0.5, 0.6) is 0 Å². The highest BCUT2D eigenvalue weighted by atomic mass is 16.3. The fourth-order valence-corrected chi connectivity index (χ4v) is 1.79. The van der Waals surface area contributed by atoms with E-state index < -0.39 is 0 Å². The lowest BCUT2D eigenvalue weighted by atomic mass is 10.3. The molecule has 2 rings (SSSR count). The molecule has 0 fully saturated rings. The number of hydrogen-bond donors (Lipinski definition) is 3. The minimum absolute atomic E-state index is 0.181. The molecule has 0 saturated carbocycles. The predicted octanol–water partition coefficient (Wildman–Crippen LogP) is 0.106. The molecule has 3 N–H and O–H groups in total. The molecular weight excluding hydrogens is 244 g/mol. The van der Waals surface area contributed by atoms with E-state index in [1.54, 1.807) is 10.9 Å². The van der Waals surface area contributed by atoms with E-state index in [0.29, 0.717) is 13.0 Å². The first-order valence-corrected chi connectivity index (χ1v) is 6.57. The van der Waals surface area contributed by atoms with Crippen LogP contribution in [0, 0.1) is 0 Å². The van der Waals surface area contributed by atoms with Gasteiger partial charge in [-0.25, -0.2) is 4.98 Å². The zero-order chi connectivity index (χ0) is 13.3. The zero-order valence-corrected chi connectivity index (χ0v) is 10.9. The van der Waals surface area contributed by atoms with Crippen molar-refractivity contribution in [1.82, 2.24) is 30.3 Å². The van der Waals surface area contributed by atoms with Gasteiger partial charge in [-0.1, -0.05) is 5.21 Å². The van der Waals surface area contributed by atoms with E-state index in [0.717, 1.165) is 37.4 Å². The quantitative estimate of drug-likeness (QED) is 0.559. The van der Waals surface area contributed by atoms with Crippen LogP contribution in [-0.4, -0.2) is 43.2 Å². The topological polar surface area (TPSA) is 91.7 Å². The van der Waals surface area contributed by atoms with E-state index in [-0.39, 0.29) is 6.61 Å². The van der Waals surface area contributed by atoms with E-state index in [4.69, 9.17) is 5.11 Å². The van der Waals surface area contributed by atoms with E-state index in [1.165, 1.54) is 0 Å². The number of hydrogen-bond acceptors (Lipinski definition) is 5. The second kappa shape index (κ2) is 7.65. The highest BCUT2D eigenvalue weighted by Crippen LogP contribution is 1.96. The van der Waals surface area contributed by atoms with Crippen LogP contribution in [-0.2, 0) is 19.5 Å². The molecule has 0 bridgehead atoms. The van der Waals surface area contributed by atoms with Gasteiger partial charge in [0, 0.05) is 44.7 Å². The van der Waals surface area contributed by atoms with Crippen molar-refractivity contribution in [3.05, 3.63) is 30.1 Å². The molecule has 0 atom stereocenters. The maximum absolute atomic E-state index is 8.73. The standard InChI is InChI=1S/C12H20N6O/c19-8-2-7-18-10-11(16-17-18)9-13-4-1-3-12-14-5-6-15-12/h5-6,10,13,19H,1-4,7-9H2,(H,14,15). The number of rotatable bonds is 9. The predicted molar refractivity (Wildman–Crippen MR) is 70.3 cm³/mol. The summed E-state index contributed by atoms with van der Waals surface area (Å²) in [5.74, 6) is 1.02. The molecule has 0 unspecified atom stereocenters. The van der Waals surface area contributed by atoms with Crippen LogP contribution in [0.15, 0.2) is 18.6 Å². The molecule has 19 heavy (non-hydrogen) atoms. The number of aliphatic hydroxyl groups excluding tert-OH is 1. The first kappa shape index (κ1) is 13.7. The molecule has 0 aliphatic rings. The zero-order valence-electron chi connectivity index (χ0n) is 10.9. The van der Waals surface area contributed by atoms with Gasteiger partial charge in [0.25, 0.3) is 0 Å². The minimum atomic E-state index is 0.181. The number of H-pyrrole nitrogens is 1. The SMILES string of the molecule is OCCCn1cc(CNCCCc2ncc[nH]2)nn1. The average molecular weight is 264 g/mol. The Morgan fingerprint density at radius 1 is 1.37 bits per heavy atom. The van der Waals surface area contributed by atoms with Crippen LogP contribution in [0.4, 0.5) is 0 Å². The average Bonchev–Trinajstić information content (AvgIpc) is 3.07. The number of imidazole rings is 1. The Morgan fingerprint density at radius 2 is 2.32 bits per heavy atom. The summed E-state index contributed by atoms with van der Waals surface area (Å²) in [6.45, 7) is 2.53. The molecular formula is C12H20N6O. The second-order valence-corrected chi connectivity index (χ2v) is 4.37. The summed E-state index contributed by atoms with van der Waals surface area (Å²) in [6, 6.07) is 0. The van der Waals surface area contributed by atoms with Crippen molar-refractivity contribution in [1.29, 1.82) is 0 Å². The number of aliphatic hydroxyl groups is 1. The molecule has 2 aromatic heterocycles. The Kier molecular flexibility index (Phi) is 5.51. The molecule has 0 saturated heterocycles. The smallest absolute Gasteiger partial charge is 0.106 e. The van der Waals surface area contributed by atoms with Gasteiger partial charge in [-0.3, -0.25) is 4.68 Å². The van der Waals surface area contributed by atoms with Gasteiger partial charge in [-0.15, -0.1) is 5.10 Å². The molecule has 0 radical (unpaired) electrons. The van der Waals surface area contributed by atoms with Gasteiger partial charge in [0.2, 0.25) is 0 Å². The number of nitrogens with zero attached hydrogens (tertiary/aromatic N) is 4. The molecule has 0 aliphatic heterocycles. The maximum Gasteiger partial charge on any atom is 0.106 e. The van der Waals surface area contributed by atoms with Crippen molar-refractivity contribution in [3.63, 3.8) is 0 Å². The van der Waals surface area contributed by atoms with Crippen molar-refractivity contribution in [2.75, 3.05) is 13.2 Å². The van der Waals surface area contributed by atoms with Gasteiger partial charge >= 0.3 is 0 Å². The lowest BCUT2D eigenvalue weighted by Gasteiger charge is -2.01. The van der Waals surface area contributed by atoms with E-state index in [1.807, 2.05) is 12.4 Å². The Bertz CT molecular complexity index is 452. The molecule has 7 nitrogen and oxygen atoms in total. The van der Waals surface area contributed by atoms with Crippen LogP contribution in [0.2, 0.25) is 0 Å². The lowest BCUT2D eigenvalue weighted by Crippen LogP contribution is -2.15. The lowest BCUT2D eigenvalue weighted by molar-refractivity contribution is 0.276. The van der Waals surface area contributed by atoms with Crippen LogP contribution >= 0.6 is 0 Å². The molecule has 0 aliphatic carbocycles. The normalized spacial score (nSPS) is 11.0. The summed E-state index contributed by atoms with van der Waals surface area (Å²) in [4.78, 5) is 7.26. The summed E-state index contributed by atoms with van der Waals surface area (Å²) < 4.78 is 1.76. The molecule has 0 spiro atoms. The maximum atomic E-state index is 8.73. The van der Waals surface area contributed by atoms with Gasteiger partial charge in [-0.2, -0.15) is 0 Å². The van der Waals surface area contributed by atoms with E-state index in [9.17, 15) is 0 Å². The Morgan fingerprint density at radius 3 is 3.11 bits per heavy atom. The van der Waals surface area contributed by atoms with E-state index >= 15 is 0 Å². The third-order valence-corrected chi connectivity index (χ3v) is 2.76. The van der Waals surface area contributed by atoms with Crippen molar-refractivity contribution >= 4 is 0 Å². The summed E-state index contributed by atoms with van der Waals surface area (Å²) in [5, 5.41) is 20.1. The number of aromatic nitrogens is 5. The molecule has 0 amide bonds. The first-order valence-electron chi connectivity index (χ1n) is 6.57. The fraction of sp³-hybridized carbons (Fsp3) is 0.583. The van der Waals surface area contributed by atoms with Crippen LogP contribution in [0.3, 0.4) is 0 Å². The van der Waals surface area contributed by atoms with Crippen LogP contribution < -0.4 is 5.32 Å². The van der Waals surface area contributed by atoms with Crippen LogP contribution in [0.1, 0.15) is 24.4 Å². The highest BCUT2D eigenvalue weighted by molar-refractivity contribution is 4.91. The highest BCUT2D eigenvalue weighted by Gasteiger charge is 2.00. The molecule has 0 aromatic carbocycles. The monoisotopic (exact) mass is 264 g/mol. The van der Waals surface area contributed by atoms with Crippen molar-refractivity contribution < 1.29 is 5.11 Å². The van der Waals surface area contributed by atoms with Gasteiger partial charge < -0.3 is 15.4 Å². The summed E-state index contributed by atoms with van der Waals surface area (Å²) in [7, 11) is 0. The molecule has 104 valence electrons. The Labute approximate surface area is 112 Å². The Balaban J connectivity index is 1.58. The molecule has 7 heteroatoms. The molecule has 2 heterocycles. The van der Waals surface area contributed by atoms with Gasteiger partial charge in [0.1, 0.15) is 5.82 Å². The van der Waals surface area contributed by atoms with Crippen LogP contribution in [0.25, 0.3) is 0 Å². The third kappa shape index (κ3) is 4.80. The molecule has 2 aromatic rings. The van der Waals surface area contributed by atoms with E-state index in [2.05, 4.69) is 25.6 Å². The third-order valence-electron chi connectivity index (χ3n) is 2.76. The number of nitrogens with one attached hydrogen (secondary N) is 2. The second-order valence-electron chi connectivity index (χ2n) is 4.37. The largest absolute Gasteiger partial charge is 0.396 e. The minimum Gasteiger partial charge on any atom is -0.396 e. The van der Waals surface area contributed by atoms with Crippen molar-refractivity contribution in [3.8, 4) is 0 Å².